The first-order valence-electron chi connectivity index (χ1n) is 7.53. The first kappa shape index (κ1) is 15.9. The van der Waals surface area contributed by atoms with Gasteiger partial charge in [0, 0.05) is 39.4 Å². The van der Waals surface area contributed by atoms with Gasteiger partial charge in [-0.2, -0.15) is 0 Å². The maximum absolute atomic E-state index is 12.0. The van der Waals surface area contributed by atoms with Crippen molar-refractivity contribution in [2.75, 3.05) is 40.0 Å². The van der Waals surface area contributed by atoms with E-state index in [4.69, 9.17) is 14.6 Å². The molecule has 0 aromatic rings. The van der Waals surface area contributed by atoms with E-state index in [9.17, 15) is 9.59 Å². The highest BCUT2D eigenvalue weighted by Gasteiger charge is 2.26. The van der Waals surface area contributed by atoms with Gasteiger partial charge >= 0.3 is 12.2 Å². The number of nitrogens with zero attached hydrogens (tertiary/aromatic N) is 2. The number of rotatable bonds is 3. The van der Waals surface area contributed by atoms with E-state index >= 15 is 0 Å². The standard InChI is InChI=1S/C14H24N2O5/c1-15(12-4-8-20-9-5-12)14(19)21-10-11-2-6-16(7-3-11)13(17)18/h11-12H,2-10H2,1H3,(H,17,18). The van der Waals surface area contributed by atoms with Crippen LogP contribution in [0, 0.1) is 5.92 Å². The van der Waals surface area contributed by atoms with Crippen LogP contribution in [-0.2, 0) is 9.47 Å². The molecule has 2 aliphatic heterocycles. The van der Waals surface area contributed by atoms with Crippen LogP contribution in [0.2, 0.25) is 0 Å². The van der Waals surface area contributed by atoms with Crippen molar-refractivity contribution in [3.8, 4) is 0 Å². The Balaban J connectivity index is 1.68. The molecule has 0 bridgehead atoms. The lowest BCUT2D eigenvalue weighted by Crippen LogP contribution is -2.42. The largest absolute Gasteiger partial charge is 0.465 e. The highest BCUT2D eigenvalue weighted by atomic mass is 16.6. The Morgan fingerprint density at radius 3 is 2.43 bits per heavy atom. The van der Waals surface area contributed by atoms with Crippen molar-refractivity contribution in [3.05, 3.63) is 0 Å². The molecular weight excluding hydrogens is 276 g/mol. The molecule has 2 aliphatic rings. The summed E-state index contributed by atoms with van der Waals surface area (Å²) < 4.78 is 10.7. The molecule has 2 saturated heterocycles. The SMILES string of the molecule is CN(C(=O)OCC1CCN(C(=O)O)CC1)C1CCOCC1. The minimum absolute atomic E-state index is 0.195. The van der Waals surface area contributed by atoms with Crippen LogP contribution in [0.15, 0.2) is 0 Å². The van der Waals surface area contributed by atoms with Crippen LogP contribution in [0.5, 0.6) is 0 Å². The number of amides is 2. The maximum atomic E-state index is 12.0. The minimum Gasteiger partial charge on any atom is -0.465 e. The number of hydrogen-bond acceptors (Lipinski definition) is 4. The lowest BCUT2D eigenvalue weighted by atomic mass is 9.98. The topological polar surface area (TPSA) is 79.3 Å². The normalized spacial score (nSPS) is 21.1. The molecule has 0 aromatic carbocycles. The van der Waals surface area contributed by atoms with E-state index in [1.54, 1.807) is 11.9 Å². The number of likely N-dealkylation sites (tertiary alicyclic amines) is 1. The molecule has 120 valence electrons. The molecule has 1 N–H and O–H groups in total. The Labute approximate surface area is 124 Å². The number of ether oxygens (including phenoxy) is 2. The summed E-state index contributed by atoms with van der Waals surface area (Å²) in [5, 5.41) is 8.88. The number of carboxylic acid groups (broad SMARTS) is 1. The van der Waals surface area contributed by atoms with E-state index in [2.05, 4.69) is 0 Å². The molecule has 2 amide bonds. The van der Waals surface area contributed by atoms with Gasteiger partial charge in [-0.25, -0.2) is 9.59 Å². The molecule has 0 aromatic heterocycles. The summed E-state index contributed by atoms with van der Waals surface area (Å²) in [6.45, 7) is 2.80. The number of carbonyl (C=O) groups is 2. The van der Waals surface area contributed by atoms with E-state index in [1.807, 2.05) is 0 Å². The second-order valence-corrected chi connectivity index (χ2v) is 5.74. The summed E-state index contributed by atoms with van der Waals surface area (Å²) in [7, 11) is 1.77. The predicted molar refractivity (Wildman–Crippen MR) is 75.3 cm³/mol. The lowest BCUT2D eigenvalue weighted by molar-refractivity contribution is 0.0272. The average Bonchev–Trinajstić information content (AvgIpc) is 2.53. The smallest absolute Gasteiger partial charge is 0.409 e. The zero-order valence-corrected chi connectivity index (χ0v) is 12.5. The number of hydrogen-bond donors (Lipinski definition) is 1. The van der Waals surface area contributed by atoms with Gasteiger partial charge in [0.05, 0.1) is 6.61 Å². The molecule has 21 heavy (non-hydrogen) atoms. The molecule has 2 heterocycles. The third-order valence-corrected chi connectivity index (χ3v) is 4.35. The van der Waals surface area contributed by atoms with Crippen molar-refractivity contribution in [1.29, 1.82) is 0 Å². The molecule has 0 radical (unpaired) electrons. The van der Waals surface area contributed by atoms with E-state index in [-0.39, 0.29) is 18.1 Å². The molecule has 0 aliphatic carbocycles. The molecular formula is C14H24N2O5. The van der Waals surface area contributed by atoms with Gasteiger partial charge in [-0.05, 0) is 31.6 Å². The fourth-order valence-electron chi connectivity index (χ4n) is 2.80. The van der Waals surface area contributed by atoms with E-state index < -0.39 is 6.09 Å². The van der Waals surface area contributed by atoms with Crippen LogP contribution >= 0.6 is 0 Å². The number of carbonyl (C=O) groups excluding carboxylic acids is 1. The molecule has 0 unspecified atom stereocenters. The fraction of sp³-hybridized carbons (Fsp3) is 0.857. The van der Waals surface area contributed by atoms with Crippen molar-refractivity contribution < 1.29 is 24.2 Å². The van der Waals surface area contributed by atoms with Gasteiger partial charge in [0.1, 0.15) is 0 Å². The van der Waals surface area contributed by atoms with Crippen molar-refractivity contribution in [2.45, 2.75) is 31.7 Å². The Kier molecular flexibility index (Phi) is 5.67. The second-order valence-electron chi connectivity index (χ2n) is 5.74. The molecule has 7 nitrogen and oxygen atoms in total. The van der Waals surface area contributed by atoms with Crippen LogP contribution < -0.4 is 0 Å². The number of piperidine rings is 1. The van der Waals surface area contributed by atoms with E-state index in [0.717, 1.165) is 25.7 Å². The Morgan fingerprint density at radius 2 is 1.86 bits per heavy atom. The zero-order chi connectivity index (χ0) is 15.2. The summed E-state index contributed by atoms with van der Waals surface area (Å²) in [6.07, 6.45) is 2.04. The van der Waals surface area contributed by atoms with Gasteiger partial charge in [-0.15, -0.1) is 0 Å². The zero-order valence-electron chi connectivity index (χ0n) is 12.5. The Hall–Kier alpha value is -1.50. The molecule has 2 rings (SSSR count). The fourth-order valence-corrected chi connectivity index (χ4v) is 2.80. The minimum atomic E-state index is -0.871. The first-order chi connectivity index (χ1) is 10.1. The summed E-state index contributed by atoms with van der Waals surface area (Å²) >= 11 is 0. The molecule has 7 heteroatoms. The van der Waals surface area contributed by atoms with Gasteiger partial charge in [-0.3, -0.25) is 0 Å². The van der Waals surface area contributed by atoms with Gasteiger partial charge in [-0.1, -0.05) is 0 Å². The highest BCUT2D eigenvalue weighted by molar-refractivity contribution is 5.67. The van der Waals surface area contributed by atoms with Gasteiger partial charge < -0.3 is 24.4 Å². The van der Waals surface area contributed by atoms with Crippen LogP contribution in [0.4, 0.5) is 9.59 Å². The highest BCUT2D eigenvalue weighted by Crippen LogP contribution is 2.19. The third-order valence-electron chi connectivity index (χ3n) is 4.35. The van der Waals surface area contributed by atoms with Crippen LogP contribution in [0.1, 0.15) is 25.7 Å². The summed E-state index contributed by atoms with van der Waals surface area (Å²) in [5.74, 6) is 0.257. The predicted octanol–water partition coefficient (Wildman–Crippen LogP) is 1.62. The van der Waals surface area contributed by atoms with Crippen LogP contribution in [0.25, 0.3) is 0 Å². The van der Waals surface area contributed by atoms with Crippen molar-refractivity contribution in [3.63, 3.8) is 0 Å². The van der Waals surface area contributed by atoms with E-state index in [1.165, 1.54) is 4.90 Å². The average molecular weight is 300 g/mol. The van der Waals surface area contributed by atoms with Crippen molar-refractivity contribution in [1.82, 2.24) is 9.80 Å². The lowest BCUT2D eigenvalue weighted by Gasteiger charge is -2.32. The molecule has 0 spiro atoms. The summed E-state index contributed by atoms with van der Waals surface area (Å²) in [4.78, 5) is 25.9. The first-order valence-corrected chi connectivity index (χ1v) is 7.53. The quantitative estimate of drug-likeness (QED) is 0.857. The summed E-state index contributed by atoms with van der Waals surface area (Å²) in [6, 6.07) is 0.195. The van der Waals surface area contributed by atoms with Gasteiger partial charge in [0.25, 0.3) is 0 Å². The van der Waals surface area contributed by atoms with Crippen molar-refractivity contribution in [2.24, 2.45) is 5.92 Å². The molecule has 0 atom stereocenters. The van der Waals surface area contributed by atoms with Crippen molar-refractivity contribution >= 4 is 12.2 Å². The maximum Gasteiger partial charge on any atom is 0.409 e. The van der Waals surface area contributed by atoms with Crippen LogP contribution in [-0.4, -0.2) is 73.1 Å². The monoisotopic (exact) mass is 300 g/mol. The molecule has 2 fully saturated rings. The second kappa shape index (κ2) is 7.49. The Morgan fingerprint density at radius 1 is 1.24 bits per heavy atom. The van der Waals surface area contributed by atoms with Crippen LogP contribution in [0.3, 0.4) is 0 Å². The van der Waals surface area contributed by atoms with Gasteiger partial charge in [0.15, 0.2) is 0 Å². The third kappa shape index (κ3) is 4.49. The Bertz CT molecular complexity index is 362. The van der Waals surface area contributed by atoms with E-state index in [0.29, 0.717) is 32.9 Å². The molecule has 0 saturated carbocycles. The van der Waals surface area contributed by atoms with Gasteiger partial charge in [0.2, 0.25) is 0 Å². The summed E-state index contributed by atoms with van der Waals surface area (Å²) in [5.41, 5.74) is 0.